The van der Waals surface area contributed by atoms with Gasteiger partial charge in [-0.2, -0.15) is 0 Å². The Morgan fingerprint density at radius 2 is 1.02 bits per heavy atom. The van der Waals surface area contributed by atoms with E-state index in [9.17, 15) is 18.9 Å². The van der Waals surface area contributed by atoms with Crippen LogP contribution in [0.4, 0.5) is 0 Å². The average Bonchev–Trinajstić information content (AvgIpc) is 3.69. The number of ether oxygens (including phenoxy) is 8. The van der Waals surface area contributed by atoms with E-state index in [0.29, 0.717) is 0 Å². The maximum atomic E-state index is 13.1. The zero-order valence-corrected chi connectivity index (χ0v) is 25.2. The molecule has 0 saturated carbocycles. The second kappa shape index (κ2) is 10.8. The topological polar surface area (TPSA) is 185 Å². The van der Waals surface area contributed by atoms with Crippen molar-refractivity contribution in [1.29, 1.82) is 0 Å². The predicted molar refractivity (Wildman–Crippen MR) is 133 cm³/mol. The first-order valence-electron chi connectivity index (χ1n) is 13.5. The normalized spacial score (nSPS) is 51.0. The van der Waals surface area contributed by atoms with Crippen molar-refractivity contribution in [1.82, 2.24) is 0 Å². The highest BCUT2D eigenvalue weighted by Crippen LogP contribution is 2.57. The second-order valence-electron chi connectivity index (χ2n) is 11.6. The van der Waals surface area contributed by atoms with Crippen LogP contribution in [0, 0.1) is 0 Å². The highest BCUT2D eigenvalue weighted by Gasteiger charge is 2.66. The summed E-state index contributed by atoms with van der Waals surface area (Å²) in [4.78, 5) is 21.4. The summed E-state index contributed by atoms with van der Waals surface area (Å²) in [5, 5.41) is 0. The predicted octanol–water partition coefficient (Wildman–Crippen LogP) is 0.321. The molecule has 6 fully saturated rings. The number of methoxy groups -OCH3 is 2. The van der Waals surface area contributed by atoms with Crippen molar-refractivity contribution in [3.8, 4) is 0 Å². The number of phosphoric ester groups is 2. The third-order valence-corrected chi connectivity index (χ3v) is 10.6. The van der Waals surface area contributed by atoms with Crippen molar-refractivity contribution in [2.24, 2.45) is 0 Å². The Morgan fingerprint density at radius 3 is 1.39 bits per heavy atom. The Labute approximate surface area is 237 Å². The molecule has 0 aromatic heterocycles. The molecule has 0 aliphatic carbocycles. The van der Waals surface area contributed by atoms with Gasteiger partial charge >= 0.3 is 15.6 Å². The molecular formula is C23H38O16P2. The highest BCUT2D eigenvalue weighted by atomic mass is 31.2. The fraction of sp³-hybridized carbons (Fsp3) is 1.00. The number of fused-ring (bicyclic) bond motifs is 6. The molecule has 6 rings (SSSR count). The van der Waals surface area contributed by atoms with Gasteiger partial charge in [-0.05, 0) is 20.8 Å². The minimum atomic E-state index is -4.73. The van der Waals surface area contributed by atoms with Gasteiger partial charge in [-0.25, -0.2) is 9.13 Å². The van der Waals surface area contributed by atoms with E-state index in [0.717, 1.165) is 0 Å². The van der Waals surface area contributed by atoms with Crippen LogP contribution in [-0.4, -0.2) is 135 Å². The standard InChI is InChI=1S/C23H38O16P2/c1-12-15-18(29-5)22(36-12,8-30-15)10-33-40(24,25)39-20-17-14(3)37-23(20,9-32-17)11-34-41(26,27)38-19-16-13(2)35-21(19,6-28-4)7-31-16/h12-20H,6-11H2,1-5H3,(H,24,25)(H,26,27)/t12-,13-,14-,15?,16?,17?,18-,19-,20-,21?,22?,23?/m1/s1. The molecule has 0 spiro atoms. The Bertz CT molecular complexity index is 1100. The van der Waals surface area contributed by atoms with E-state index in [1.54, 1.807) is 13.8 Å². The fourth-order valence-corrected chi connectivity index (χ4v) is 9.07. The summed E-state index contributed by atoms with van der Waals surface area (Å²) in [5.74, 6) is 0. The monoisotopic (exact) mass is 632 g/mol. The van der Waals surface area contributed by atoms with E-state index in [-0.39, 0.29) is 51.3 Å². The maximum absolute atomic E-state index is 13.1. The molecule has 16 nitrogen and oxygen atoms in total. The van der Waals surface area contributed by atoms with Gasteiger partial charge in [0.05, 0.1) is 58.0 Å². The van der Waals surface area contributed by atoms with Crippen molar-refractivity contribution in [3.63, 3.8) is 0 Å². The molecule has 41 heavy (non-hydrogen) atoms. The molecule has 0 aromatic carbocycles. The van der Waals surface area contributed by atoms with Crippen molar-refractivity contribution >= 4 is 15.6 Å². The van der Waals surface area contributed by atoms with Gasteiger partial charge in [-0.1, -0.05) is 0 Å². The molecular weight excluding hydrogens is 594 g/mol. The van der Waals surface area contributed by atoms with Gasteiger partial charge in [0, 0.05) is 14.2 Å². The number of hydrogen-bond donors (Lipinski definition) is 2. The van der Waals surface area contributed by atoms with Crippen LogP contribution >= 0.6 is 15.6 Å². The molecule has 6 bridgehead atoms. The maximum Gasteiger partial charge on any atom is 0.472 e. The molecule has 8 unspecified atom stereocenters. The van der Waals surface area contributed by atoms with Gasteiger partial charge in [0.15, 0.2) is 0 Å². The third-order valence-electron chi connectivity index (χ3n) is 8.74. The largest absolute Gasteiger partial charge is 0.472 e. The number of hydrogen-bond acceptors (Lipinski definition) is 14. The molecule has 14 atom stereocenters. The summed E-state index contributed by atoms with van der Waals surface area (Å²) < 4.78 is 93.9. The highest BCUT2D eigenvalue weighted by molar-refractivity contribution is 7.47. The first-order chi connectivity index (χ1) is 19.3. The lowest BCUT2D eigenvalue weighted by Gasteiger charge is -2.33. The Morgan fingerprint density at radius 1 is 0.659 bits per heavy atom. The molecule has 0 radical (unpaired) electrons. The fourth-order valence-electron chi connectivity index (χ4n) is 6.99. The summed E-state index contributed by atoms with van der Waals surface area (Å²) in [6.07, 6.45) is -5.48. The molecule has 6 aliphatic rings. The minimum Gasteiger partial charge on any atom is -0.381 e. The van der Waals surface area contributed by atoms with E-state index in [4.69, 9.17) is 56.0 Å². The van der Waals surface area contributed by atoms with E-state index in [1.807, 2.05) is 6.92 Å². The summed E-state index contributed by atoms with van der Waals surface area (Å²) in [5.41, 5.74) is -3.61. The lowest BCUT2D eigenvalue weighted by molar-refractivity contribution is -0.162. The zero-order chi connectivity index (χ0) is 29.4. The van der Waals surface area contributed by atoms with E-state index < -0.39 is 75.7 Å². The van der Waals surface area contributed by atoms with E-state index >= 15 is 0 Å². The smallest absolute Gasteiger partial charge is 0.381 e. The zero-order valence-electron chi connectivity index (χ0n) is 23.4. The number of phosphoric acid groups is 2. The summed E-state index contributed by atoms with van der Waals surface area (Å²) in [6, 6.07) is 0. The lowest BCUT2D eigenvalue weighted by atomic mass is 10.00. The van der Waals surface area contributed by atoms with Gasteiger partial charge in [0.1, 0.15) is 53.4 Å². The van der Waals surface area contributed by atoms with Gasteiger partial charge in [-0.3, -0.25) is 18.1 Å². The molecule has 2 N–H and O–H groups in total. The van der Waals surface area contributed by atoms with Gasteiger partial charge in [0.2, 0.25) is 0 Å². The van der Waals surface area contributed by atoms with Crippen LogP contribution in [0.5, 0.6) is 0 Å². The second-order valence-corrected chi connectivity index (χ2v) is 14.4. The van der Waals surface area contributed by atoms with Crippen LogP contribution in [0.2, 0.25) is 0 Å². The van der Waals surface area contributed by atoms with Crippen molar-refractivity contribution in [3.05, 3.63) is 0 Å². The minimum absolute atomic E-state index is 0.0867. The molecule has 0 aromatic rings. The van der Waals surface area contributed by atoms with Crippen LogP contribution < -0.4 is 0 Å². The summed E-state index contributed by atoms with van der Waals surface area (Å²) in [6.45, 7) is 4.64. The quantitative estimate of drug-likeness (QED) is 0.264. The molecule has 0 amide bonds. The van der Waals surface area contributed by atoms with Crippen LogP contribution in [-0.2, 0) is 65.1 Å². The third kappa shape index (κ3) is 5.21. The Balaban J connectivity index is 1.11. The van der Waals surface area contributed by atoms with Gasteiger partial charge in [-0.15, -0.1) is 0 Å². The Kier molecular flexibility index (Phi) is 8.11. The molecule has 18 heteroatoms. The van der Waals surface area contributed by atoms with Crippen LogP contribution in [0.15, 0.2) is 0 Å². The summed E-state index contributed by atoms with van der Waals surface area (Å²) >= 11 is 0. The number of rotatable bonds is 13. The average molecular weight is 632 g/mol. The Hall–Kier alpha value is -0.100. The lowest BCUT2D eigenvalue weighted by Crippen LogP contribution is -2.47. The molecule has 6 aliphatic heterocycles. The van der Waals surface area contributed by atoms with Crippen LogP contribution in [0.1, 0.15) is 20.8 Å². The van der Waals surface area contributed by atoms with Crippen LogP contribution in [0.3, 0.4) is 0 Å². The van der Waals surface area contributed by atoms with Crippen molar-refractivity contribution in [2.45, 2.75) is 92.5 Å². The van der Waals surface area contributed by atoms with Gasteiger partial charge < -0.3 is 47.7 Å². The van der Waals surface area contributed by atoms with Crippen molar-refractivity contribution < 1.29 is 74.9 Å². The van der Waals surface area contributed by atoms with Crippen molar-refractivity contribution in [2.75, 3.05) is 53.9 Å². The molecule has 6 heterocycles. The first-order valence-corrected chi connectivity index (χ1v) is 16.5. The van der Waals surface area contributed by atoms with E-state index in [2.05, 4.69) is 0 Å². The van der Waals surface area contributed by atoms with Gasteiger partial charge in [0.25, 0.3) is 0 Å². The first kappa shape index (κ1) is 30.9. The van der Waals surface area contributed by atoms with E-state index in [1.165, 1.54) is 14.2 Å². The molecule has 6 saturated heterocycles. The summed E-state index contributed by atoms with van der Waals surface area (Å²) in [7, 11) is -6.46. The molecule has 236 valence electrons. The van der Waals surface area contributed by atoms with Crippen LogP contribution in [0.25, 0.3) is 0 Å². The SMILES string of the molecule is COCC12COC([C@H]1OP(=O)(O)OCC13COC([C@H]1OP(=O)(O)OCC14COC([C@H]1OC)[C@@H](C)O4)[C@@H](C)O3)[C@@H](C)O2.